The molecule has 0 radical (unpaired) electrons. The molecule has 0 aliphatic rings. The van der Waals surface area contributed by atoms with Crippen LogP contribution in [0.15, 0.2) is 60.8 Å². The monoisotopic (exact) mass is 712 g/mol. The fourth-order valence-corrected chi connectivity index (χ4v) is 5.02. The lowest BCUT2D eigenvalue weighted by Crippen LogP contribution is -2.26. The summed E-state index contributed by atoms with van der Waals surface area (Å²) in [5.74, 6) is -3.36. The van der Waals surface area contributed by atoms with E-state index in [-0.39, 0.29) is 50.5 Å². The highest BCUT2D eigenvalue weighted by Gasteiger charge is 2.37. The minimum Gasteiger partial charge on any atom is -0.405 e. The summed E-state index contributed by atoms with van der Waals surface area (Å²) in [6.45, 7) is 0.836. The van der Waals surface area contributed by atoms with E-state index >= 15 is 0 Å². The maximum absolute atomic E-state index is 13.9. The van der Waals surface area contributed by atoms with Gasteiger partial charge in [0.1, 0.15) is 18.0 Å². The van der Waals surface area contributed by atoms with Crippen LogP contribution in [0, 0.1) is 6.92 Å². The first-order valence-electron chi connectivity index (χ1n) is 13.6. The number of aryl methyl sites for hydroxylation is 1. The molecule has 0 spiro atoms. The normalized spacial score (nSPS) is 11.9. The van der Waals surface area contributed by atoms with Gasteiger partial charge in [0, 0.05) is 24.7 Å². The second kappa shape index (κ2) is 13.6. The van der Waals surface area contributed by atoms with Gasteiger partial charge >= 0.3 is 12.5 Å². The van der Waals surface area contributed by atoms with Crippen molar-refractivity contribution < 1.29 is 40.7 Å². The van der Waals surface area contributed by atoms with E-state index in [1.807, 2.05) is 0 Å². The van der Waals surface area contributed by atoms with Crippen molar-refractivity contribution in [3.8, 4) is 11.6 Å². The number of pyridine rings is 1. The van der Waals surface area contributed by atoms with Crippen LogP contribution in [-0.4, -0.2) is 53.0 Å². The summed E-state index contributed by atoms with van der Waals surface area (Å²) in [5, 5.41) is 16.6. The first-order chi connectivity index (χ1) is 22.6. The van der Waals surface area contributed by atoms with Crippen molar-refractivity contribution in [3.05, 3.63) is 110 Å². The molecule has 0 atom stereocenters. The van der Waals surface area contributed by atoms with Crippen LogP contribution >= 0.6 is 23.2 Å². The van der Waals surface area contributed by atoms with Gasteiger partial charge in [-0.1, -0.05) is 47.5 Å². The largest absolute Gasteiger partial charge is 0.573 e. The van der Waals surface area contributed by atoms with Gasteiger partial charge in [-0.15, -0.1) is 23.4 Å². The topological polar surface area (TPSA) is 130 Å². The average Bonchev–Trinajstić information content (AvgIpc) is 3.66. The summed E-state index contributed by atoms with van der Waals surface area (Å²) >= 11 is 12.7. The van der Waals surface area contributed by atoms with Gasteiger partial charge in [-0.2, -0.15) is 23.1 Å². The number of rotatable bonds is 10. The molecule has 1 amide bonds. The van der Waals surface area contributed by atoms with E-state index in [4.69, 9.17) is 23.2 Å². The smallest absolute Gasteiger partial charge is 0.405 e. The van der Waals surface area contributed by atoms with Crippen molar-refractivity contribution in [3.63, 3.8) is 0 Å². The Hall–Kier alpha value is -5.03. The summed E-state index contributed by atoms with van der Waals surface area (Å²) in [5.41, 5.74) is 0.536. The molecule has 0 saturated heterocycles. The summed E-state index contributed by atoms with van der Waals surface area (Å²) in [4.78, 5) is 32.1. The second-order valence-corrected chi connectivity index (χ2v) is 10.9. The fraction of sp³-hybridized carbons (Fsp3) is 0.207. The van der Waals surface area contributed by atoms with Gasteiger partial charge in [0.15, 0.2) is 11.6 Å². The zero-order valence-electron chi connectivity index (χ0n) is 24.3. The number of aromatic nitrogens is 7. The standard InChI is InChI=1S/C29H20Cl2F6N8O3/c1-15-8-9-19(30)24(26(47)39-13-16-5-2-3-7-23(16)48-29(35,36)37)18(15)12-22(46)21-11-17(14-44-42-27(40-43-44)28(32,33)34)41-45(21)25-20(31)6-4-10-38-25/h2-11H,12-14H2,1H3,(H,39,47). The maximum Gasteiger partial charge on any atom is 0.573 e. The highest BCUT2D eigenvalue weighted by Crippen LogP contribution is 2.29. The number of tetrazole rings is 1. The van der Waals surface area contributed by atoms with Crippen LogP contribution in [0.1, 0.15) is 49.1 Å². The van der Waals surface area contributed by atoms with E-state index in [0.717, 1.165) is 10.7 Å². The lowest BCUT2D eigenvalue weighted by atomic mass is 9.95. The molecular formula is C29H20Cl2F6N8O3. The molecule has 0 saturated carbocycles. The number of benzene rings is 2. The number of Topliss-reactive ketones (excluding diaryl/α,β-unsaturated/α-hetero) is 1. The van der Waals surface area contributed by atoms with Gasteiger partial charge < -0.3 is 10.1 Å². The lowest BCUT2D eigenvalue weighted by molar-refractivity contribution is -0.274. The third-order valence-corrected chi connectivity index (χ3v) is 7.30. The molecule has 0 aliphatic carbocycles. The van der Waals surface area contributed by atoms with E-state index in [2.05, 4.69) is 35.5 Å². The van der Waals surface area contributed by atoms with Gasteiger partial charge in [0.2, 0.25) is 0 Å². The molecule has 3 heterocycles. The molecule has 0 unspecified atom stereocenters. The Labute approximate surface area is 276 Å². The van der Waals surface area contributed by atoms with E-state index in [1.54, 1.807) is 13.0 Å². The van der Waals surface area contributed by atoms with Crippen molar-refractivity contribution in [2.45, 2.75) is 39.0 Å². The third-order valence-electron chi connectivity index (χ3n) is 6.69. The molecule has 3 aromatic heterocycles. The van der Waals surface area contributed by atoms with Crippen LogP contribution in [0.5, 0.6) is 5.75 Å². The summed E-state index contributed by atoms with van der Waals surface area (Å²) in [6, 6.07) is 12.5. The van der Waals surface area contributed by atoms with Crippen LogP contribution in [0.2, 0.25) is 10.0 Å². The van der Waals surface area contributed by atoms with Crippen molar-refractivity contribution >= 4 is 34.9 Å². The lowest BCUT2D eigenvalue weighted by Gasteiger charge is -2.16. The van der Waals surface area contributed by atoms with E-state index in [9.17, 15) is 35.9 Å². The number of nitrogens with zero attached hydrogens (tertiary/aromatic N) is 7. The zero-order chi connectivity index (χ0) is 34.8. The zero-order valence-corrected chi connectivity index (χ0v) is 25.8. The SMILES string of the molecule is Cc1ccc(Cl)c(C(=O)NCc2ccccc2OC(F)(F)F)c1CC(=O)c1cc(Cn2nnc(C(F)(F)F)n2)nn1-c1ncccc1Cl. The summed E-state index contributed by atoms with van der Waals surface area (Å²) in [7, 11) is 0. The first kappa shape index (κ1) is 34.3. The maximum atomic E-state index is 13.9. The molecule has 1 N–H and O–H groups in total. The Balaban J connectivity index is 1.45. The van der Waals surface area contributed by atoms with Gasteiger partial charge in [-0.25, -0.2) is 9.67 Å². The minimum atomic E-state index is -4.96. The quantitative estimate of drug-likeness (QED) is 0.134. The summed E-state index contributed by atoms with van der Waals surface area (Å²) < 4.78 is 82.8. The van der Waals surface area contributed by atoms with Gasteiger partial charge in [-0.3, -0.25) is 9.59 Å². The molecular weight excluding hydrogens is 693 g/mol. The third kappa shape index (κ3) is 7.91. The van der Waals surface area contributed by atoms with E-state index in [1.165, 1.54) is 48.7 Å². The minimum absolute atomic E-state index is 0.0248. The Morgan fingerprint density at radius 2 is 1.71 bits per heavy atom. The van der Waals surface area contributed by atoms with Crippen LogP contribution in [0.25, 0.3) is 5.82 Å². The van der Waals surface area contributed by atoms with Crippen molar-refractivity contribution in [1.29, 1.82) is 0 Å². The Kier molecular flexibility index (Phi) is 9.72. The molecule has 0 fully saturated rings. The van der Waals surface area contributed by atoms with Crippen molar-refractivity contribution in [1.82, 2.24) is 40.3 Å². The second-order valence-electron chi connectivity index (χ2n) is 10.0. The molecule has 48 heavy (non-hydrogen) atoms. The molecule has 2 aromatic carbocycles. The van der Waals surface area contributed by atoms with Crippen LogP contribution in [-0.2, 0) is 25.7 Å². The van der Waals surface area contributed by atoms with Crippen LogP contribution < -0.4 is 10.1 Å². The number of carbonyl (C=O) groups excluding carboxylic acids is 2. The van der Waals surface area contributed by atoms with Gasteiger partial charge in [-0.05, 0) is 53.6 Å². The molecule has 250 valence electrons. The molecule has 5 rings (SSSR count). The van der Waals surface area contributed by atoms with Gasteiger partial charge in [0.25, 0.3) is 11.7 Å². The number of halogens is 8. The molecule has 19 heteroatoms. The Bertz CT molecular complexity index is 1990. The number of nitrogens with one attached hydrogen (secondary N) is 1. The highest BCUT2D eigenvalue weighted by atomic mass is 35.5. The molecule has 0 bridgehead atoms. The van der Waals surface area contributed by atoms with Crippen LogP contribution in [0.4, 0.5) is 26.3 Å². The molecule has 5 aromatic rings. The average molecular weight is 713 g/mol. The predicted molar refractivity (Wildman–Crippen MR) is 157 cm³/mol. The van der Waals surface area contributed by atoms with E-state index in [0.29, 0.717) is 10.4 Å². The fourth-order valence-electron chi connectivity index (χ4n) is 4.56. The number of hydrogen-bond acceptors (Lipinski definition) is 8. The number of para-hydroxylation sites is 1. The summed E-state index contributed by atoms with van der Waals surface area (Å²) in [6.07, 6.45) is -8.85. The number of ether oxygens (including phenoxy) is 1. The molecule has 0 aliphatic heterocycles. The first-order valence-corrected chi connectivity index (χ1v) is 14.3. The van der Waals surface area contributed by atoms with Crippen molar-refractivity contribution in [2.24, 2.45) is 0 Å². The Morgan fingerprint density at radius 3 is 2.40 bits per heavy atom. The van der Waals surface area contributed by atoms with Crippen LogP contribution in [0.3, 0.4) is 0 Å². The highest BCUT2D eigenvalue weighted by molar-refractivity contribution is 6.34. The number of amides is 1. The molecule has 11 nitrogen and oxygen atoms in total. The number of hydrogen-bond donors (Lipinski definition) is 1. The Morgan fingerprint density at radius 1 is 0.958 bits per heavy atom. The predicted octanol–water partition coefficient (Wildman–Crippen LogP) is 6.19. The van der Waals surface area contributed by atoms with Crippen molar-refractivity contribution in [2.75, 3.05) is 0 Å². The number of alkyl halides is 6. The van der Waals surface area contributed by atoms with Gasteiger partial charge in [0.05, 0.1) is 21.3 Å². The number of ketones is 1. The van der Waals surface area contributed by atoms with E-state index < -0.39 is 48.8 Å². The number of carbonyl (C=O) groups is 2.